The largest absolute Gasteiger partial charge is 0.299 e. The van der Waals surface area contributed by atoms with E-state index in [2.05, 4.69) is 61.6 Å². The lowest BCUT2D eigenvalue weighted by atomic mass is 10.1. The van der Waals surface area contributed by atoms with Gasteiger partial charge in [0.15, 0.2) is 0 Å². The van der Waals surface area contributed by atoms with Crippen molar-refractivity contribution in [2.75, 3.05) is 7.05 Å². The van der Waals surface area contributed by atoms with Gasteiger partial charge in [-0.1, -0.05) is 31.1 Å². The molecule has 1 nitrogen and oxygen atoms in total. The Labute approximate surface area is 113 Å². The molecule has 2 rings (SSSR count). The number of hydrogen-bond donors (Lipinski definition) is 0. The Morgan fingerprint density at radius 2 is 2.06 bits per heavy atom. The van der Waals surface area contributed by atoms with Crippen LogP contribution in [0.3, 0.4) is 0 Å². The number of nitrogens with zero attached hydrogens (tertiary/aromatic N) is 1. The summed E-state index contributed by atoms with van der Waals surface area (Å²) in [5, 5.41) is 0. The monoisotopic (exact) mass is 256 g/mol. The molecular formula is C16H22NSi. The van der Waals surface area contributed by atoms with E-state index in [4.69, 9.17) is 0 Å². The Balaban J connectivity index is 2.13. The van der Waals surface area contributed by atoms with E-state index in [1.165, 1.54) is 29.5 Å². The zero-order valence-corrected chi connectivity index (χ0v) is 12.9. The van der Waals surface area contributed by atoms with Gasteiger partial charge < -0.3 is 0 Å². The summed E-state index contributed by atoms with van der Waals surface area (Å²) in [4.78, 5) is 2.46. The summed E-state index contributed by atoms with van der Waals surface area (Å²) >= 11 is 0. The lowest BCUT2D eigenvalue weighted by Gasteiger charge is -2.16. The van der Waals surface area contributed by atoms with Gasteiger partial charge in [-0.25, -0.2) is 0 Å². The maximum Gasteiger partial charge on any atom is 0.138 e. The van der Waals surface area contributed by atoms with Gasteiger partial charge in [0, 0.05) is 18.2 Å². The summed E-state index contributed by atoms with van der Waals surface area (Å²) in [6, 6.07) is 7.54. The first-order chi connectivity index (χ1) is 8.56. The predicted octanol–water partition coefficient (Wildman–Crippen LogP) is 3.23. The third kappa shape index (κ3) is 3.73. The van der Waals surface area contributed by atoms with Crippen LogP contribution < -0.4 is 0 Å². The Kier molecular flexibility index (Phi) is 4.26. The van der Waals surface area contributed by atoms with E-state index in [9.17, 15) is 0 Å². The second kappa shape index (κ2) is 5.73. The van der Waals surface area contributed by atoms with Gasteiger partial charge >= 0.3 is 0 Å². The minimum Gasteiger partial charge on any atom is -0.299 e. The molecule has 0 saturated heterocycles. The van der Waals surface area contributed by atoms with E-state index in [-0.39, 0.29) is 0 Å². The molecule has 2 heteroatoms. The summed E-state index contributed by atoms with van der Waals surface area (Å²) in [5.41, 5.74) is 7.25. The van der Waals surface area contributed by atoms with Crippen LogP contribution >= 0.6 is 0 Å². The van der Waals surface area contributed by atoms with Gasteiger partial charge in [-0.05, 0) is 44.0 Å². The van der Waals surface area contributed by atoms with Crippen molar-refractivity contribution >= 4 is 8.80 Å². The van der Waals surface area contributed by atoms with Crippen molar-refractivity contribution in [1.82, 2.24) is 4.90 Å². The van der Waals surface area contributed by atoms with Crippen molar-refractivity contribution in [2.45, 2.75) is 45.4 Å². The molecule has 18 heavy (non-hydrogen) atoms. The minimum atomic E-state index is -0.459. The standard InChI is InChI=1S/C16H22NSi/c1-13-5-6-14(12-17(2)16-7-8-16)11-15(13)9-10-18(3)4/h5-6,11,16H,7-8,12H2,1-4H3. The van der Waals surface area contributed by atoms with Gasteiger partial charge in [-0.2, -0.15) is 0 Å². The molecule has 0 aliphatic heterocycles. The molecule has 1 fully saturated rings. The van der Waals surface area contributed by atoms with E-state index in [1.807, 2.05) is 0 Å². The van der Waals surface area contributed by atoms with Crippen molar-refractivity contribution in [1.29, 1.82) is 0 Å². The highest BCUT2D eigenvalue weighted by molar-refractivity contribution is 6.64. The van der Waals surface area contributed by atoms with Crippen molar-refractivity contribution in [3.05, 3.63) is 34.9 Å². The van der Waals surface area contributed by atoms with E-state index >= 15 is 0 Å². The van der Waals surface area contributed by atoms with Crippen molar-refractivity contribution in [2.24, 2.45) is 0 Å². The van der Waals surface area contributed by atoms with Crippen LogP contribution in [0.25, 0.3) is 0 Å². The molecule has 0 spiro atoms. The molecule has 0 atom stereocenters. The molecule has 0 heterocycles. The number of benzene rings is 1. The SMILES string of the molecule is Cc1ccc(CN(C)C2CC2)cc1C#C[Si](C)C. The fraction of sp³-hybridized carbons (Fsp3) is 0.500. The van der Waals surface area contributed by atoms with Crippen LogP contribution in [0.1, 0.15) is 29.5 Å². The average molecular weight is 256 g/mol. The molecule has 0 amide bonds. The lowest BCUT2D eigenvalue weighted by molar-refractivity contribution is 0.316. The molecule has 0 N–H and O–H groups in total. The quantitative estimate of drug-likeness (QED) is 0.593. The summed E-state index contributed by atoms with van der Waals surface area (Å²) < 4.78 is 0. The Morgan fingerprint density at radius 3 is 2.67 bits per heavy atom. The van der Waals surface area contributed by atoms with Crippen LogP contribution in [-0.4, -0.2) is 26.8 Å². The van der Waals surface area contributed by atoms with E-state index in [0.717, 1.165) is 12.6 Å². The van der Waals surface area contributed by atoms with Gasteiger partial charge in [0.2, 0.25) is 0 Å². The molecule has 0 bridgehead atoms. The Hall–Kier alpha value is -1.04. The fourth-order valence-corrected chi connectivity index (χ4v) is 2.41. The lowest BCUT2D eigenvalue weighted by Crippen LogP contribution is -2.19. The molecule has 95 valence electrons. The highest BCUT2D eigenvalue weighted by Crippen LogP contribution is 2.26. The molecular weight excluding hydrogens is 234 g/mol. The van der Waals surface area contributed by atoms with E-state index in [1.54, 1.807) is 0 Å². The van der Waals surface area contributed by atoms with Crippen LogP contribution in [0.2, 0.25) is 13.1 Å². The molecule has 0 aromatic heterocycles. The van der Waals surface area contributed by atoms with E-state index < -0.39 is 8.80 Å². The van der Waals surface area contributed by atoms with Crippen molar-refractivity contribution < 1.29 is 0 Å². The molecule has 1 aliphatic carbocycles. The molecule has 1 aliphatic rings. The number of hydrogen-bond acceptors (Lipinski definition) is 1. The maximum atomic E-state index is 3.36. The Morgan fingerprint density at radius 1 is 1.33 bits per heavy atom. The topological polar surface area (TPSA) is 3.24 Å². The molecule has 1 radical (unpaired) electrons. The first kappa shape index (κ1) is 13.4. The van der Waals surface area contributed by atoms with Gasteiger partial charge in [0.05, 0.1) is 0 Å². The summed E-state index contributed by atoms with van der Waals surface area (Å²) in [6.07, 6.45) is 2.74. The van der Waals surface area contributed by atoms with Crippen molar-refractivity contribution in [3.8, 4) is 11.5 Å². The predicted molar refractivity (Wildman–Crippen MR) is 80.0 cm³/mol. The second-order valence-electron chi connectivity index (χ2n) is 5.55. The first-order valence-electron chi connectivity index (χ1n) is 6.68. The second-order valence-corrected chi connectivity index (χ2v) is 7.80. The molecule has 1 aromatic rings. The van der Waals surface area contributed by atoms with Gasteiger partial charge in [-0.3, -0.25) is 4.90 Å². The van der Waals surface area contributed by atoms with E-state index in [0.29, 0.717) is 0 Å². The van der Waals surface area contributed by atoms with Crippen LogP contribution in [0, 0.1) is 18.4 Å². The van der Waals surface area contributed by atoms with Crippen LogP contribution in [0.5, 0.6) is 0 Å². The maximum absolute atomic E-state index is 3.36. The zero-order valence-electron chi connectivity index (χ0n) is 11.9. The number of rotatable bonds is 3. The van der Waals surface area contributed by atoms with Gasteiger partial charge in [0.1, 0.15) is 8.80 Å². The molecule has 1 aromatic carbocycles. The molecule has 0 unspecified atom stereocenters. The van der Waals surface area contributed by atoms with Crippen molar-refractivity contribution in [3.63, 3.8) is 0 Å². The first-order valence-corrected chi connectivity index (χ1v) is 9.18. The highest BCUT2D eigenvalue weighted by Gasteiger charge is 2.25. The average Bonchev–Trinajstić information content (AvgIpc) is 3.13. The van der Waals surface area contributed by atoms with Gasteiger partial charge in [0.25, 0.3) is 0 Å². The summed E-state index contributed by atoms with van der Waals surface area (Å²) in [7, 11) is 1.77. The zero-order chi connectivity index (χ0) is 13.1. The van der Waals surface area contributed by atoms with Crippen LogP contribution in [-0.2, 0) is 6.54 Å². The normalized spacial score (nSPS) is 14.8. The fourth-order valence-electron chi connectivity index (χ4n) is 2.03. The number of aryl methyl sites for hydroxylation is 1. The van der Waals surface area contributed by atoms with Gasteiger partial charge in [-0.15, -0.1) is 5.54 Å². The third-order valence-electron chi connectivity index (χ3n) is 3.35. The highest BCUT2D eigenvalue weighted by atomic mass is 28.3. The Bertz CT molecular complexity index is 478. The van der Waals surface area contributed by atoms with Crippen LogP contribution in [0.15, 0.2) is 18.2 Å². The smallest absolute Gasteiger partial charge is 0.138 e. The summed E-state index contributed by atoms with van der Waals surface area (Å²) in [6.45, 7) is 7.67. The van der Waals surface area contributed by atoms with Crippen LogP contribution in [0.4, 0.5) is 0 Å². The minimum absolute atomic E-state index is 0.459. The molecule has 1 saturated carbocycles. The third-order valence-corrected chi connectivity index (χ3v) is 3.98. The summed E-state index contributed by atoms with van der Waals surface area (Å²) in [5.74, 6) is 3.35.